The number of benzene rings is 3. The number of hydrogen-bond acceptors (Lipinski definition) is 1. The van der Waals surface area contributed by atoms with E-state index in [1.54, 1.807) is 12.1 Å². The first-order valence-corrected chi connectivity index (χ1v) is 13.5. The summed E-state index contributed by atoms with van der Waals surface area (Å²) in [7, 11) is 0. The van der Waals surface area contributed by atoms with Gasteiger partial charge in [0.05, 0.1) is 0 Å². The fourth-order valence-electron chi connectivity index (χ4n) is 5.55. The van der Waals surface area contributed by atoms with Gasteiger partial charge >= 0.3 is 6.36 Å². The molecule has 0 atom stereocenters. The minimum Gasteiger partial charge on any atom is -0.406 e. The number of hydrogen-bond donors (Lipinski definition) is 0. The average Bonchev–Trinajstić information content (AvgIpc) is 2.88. The molecule has 3 aromatic rings. The zero-order chi connectivity index (χ0) is 26.3. The monoisotopic (exact) mass is 512 g/mol. The van der Waals surface area contributed by atoms with Crippen LogP contribution >= 0.6 is 0 Å². The second kappa shape index (κ2) is 12.6. The lowest BCUT2D eigenvalue weighted by atomic mass is 9.78. The average molecular weight is 513 g/mol. The fraction of sp³-hybridized carbons (Fsp3) is 0.438. The number of ether oxygens (including phenoxy) is 1. The lowest BCUT2D eigenvalue weighted by Gasteiger charge is -2.28. The van der Waals surface area contributed by atoms with E-state index in [1.807, 2.05) is 18.2 Å². The van der Waals surface area contributed by atoms with Gasteiger partial charge in [-0.3, -0.25) is 0 Å². The number of rotatable bonds is 10. The van der Waals surface area contributed by atoms with Gasteiger partial charge in [0.1, 0.15) is 11.6 Å². The first-order chi connectivity index (χ1) is 17.8. The van der Waals surface area contributed by atoms with E-state index in [0.717, 1.165) is 29.2 Å². The van der Waals surface area contributed by atoms with Crippen LogP contribution in [0.15, 0.2) is 66.7 Å². The Labute approximate surface area is 217 Å². The molecule has 1 saturated carbocycles. The molecule has 1 aliphatic rings. The molecule has 4 rings (SSSR count). The number of fused-ring (bicyclic) bond motifs is 1. The molecule has 0 radical (unpaired) electrons. The first-order valence-electron chi connectivity index (χ1n) is 13.5. The minimum absolute atomic E-state index is 0.211. The predicted molar refractivity (Wildman–Crippen MR) is 142 cm³/mol. The van der Waals surface area contributed by atoms with Crippen molar-refractivity contribution in [3.05, 3.63) is 89.3 Å². The van der Waals surface area contributed by atoms with Gasteiger partial charge in [-0.15, -0.1) is 13.2 Å². The molecule has 0 unspecified atom stereocenters. The molecule has 0 bridgehead atoms. The summed E-state index contributed by atoms with van der Waals surface area (Å²) in [4.78, 5) is 0. The van der Waals surface area contributed by atoms with Gasteiger partial charge in [0.2, 0.25) is 0 Å². The van der Waals surface area contributed by atoms with Crippen molar-refractivity contribution in [1.29, 1.82) is 0 Å². The summed E-state index contributed by atoms with van der Waals surface area (Å²) in [5, 5.41) is 1.54. The number of allylic oxidation sites excluding steroid dienone is 2. The van der Waals surface area contributed by atoms with Gasteiger partial charge in [-0.05, 0) is 91.5 Å². The molecular formula is C32H36F4O. The second-order valence-electron chi connectivity index (χ2n) is 10.4. The van der Waals surface area contributed by atoms with E-state index in [0.29, 0.717) is 23.8 Å². The molecule has 0 aliphatic heterocycles. The smallest absolute Gasteiger partial charge is 0.406 e. The Morgan fingerprint density at radius 1 is 0.811 bits per heavy atom. The third-order valence-corrected chi connectivity index (χ3v) is 7.72. The van der Waals surface area contributed by atoms with Crippen LogP contribution < -0.4 is 4.74 Å². The van der Waals surface area contributed by atoms with Gasteiger partial charge in [-0.1, -0.05) is 80.3 Å². The van der Waals surface area contributed by atoms with Crippen LogP contribution in [0.5, 0.6) is 5.75 Å². The van der Waals surface area contributed by atoms with Crippen LogP contribution in [0.25, 0.3) is 10.8 Å². The normalized spacial score (nSPS) is 18.5. The summed E-state index contributed by atoms with van der Waals surface area (Å²) in [6.45, 7) is 2.09. The van der Waals surface area contributed by atoms with Crippen molar-refractivity contribution < 1.29 is 22.3 Å². The molecule has 0 amide bonds. The number of aryl methyl sites for hydroxylation is 3. The highest BCUT2D eigenvalue weighted by Crippen LogP contribution is 2.34. The lowest BCUT2D eigenvalue weighted by Crippen LogP contribution is -2.17. The summed E-state index contributed by atoms with van der Waals surface area (Å²) in [5.74, 6) is 1.21. The van der Waals surface area contributed by atoms with E-state index < -0.39 is 6.36 Å². The Bertz CT molecular complexity index is 1170. The van der Waals surface area contributed by atoms with Crippen LogP contribution in [0.2, 0.25) is 0 Å². The topological polar surface area (TPSA) is 9.23 Å². The number of halogens is 4. The van der Waals surface area contributed by atoms with Crippen LogP contribution in [0.1, 0.15) is 68.6 Å². The third kappa shape index (κ3) is 8.08. The van der Waals surface area contributed by atoms with Crippen molar-refractivity contribution in [2.75, 3.05) is 0 Å². The molecule has 1 fully saturated rings. The fourth-order valence-corrected chi connectivity index (χ4v) is 5.55. The van der Waals surface area contributed by atoms with Crippen molar-refractivity contribution in [3.8, 4) is 5.75 Å². The van der Waals surface area contributed by atoms with Crippen molar-refractivity contribution in [2.45, 2.75) is 77.5 Å². The molecule has 5 heteroatoms. The molecule has 0 N–H and O–H groups in total. The highest BCUT2D eigenvalue weighted by atomic mass is 19.4. The van der Waals surface area contributed by atoms with E-state index in [-0.39, 0.29) is 11.6 Å². The van der Waals surface area contributed by atoms with Crippen LogP contribution in [-0.4, -0.2) is 6.36 Å². The summed E-state index contributed by atoms with van der Waals surface area (Å²) < 4.78 is 56.1. The lowest BCUT2D eigenvalue weighted by molar-refractivity contribution is -0.274. The molecule has 0 aromatic heterocycles. The maximum Gasteiger partial charge on any atom is 0.573 e. The van der Waals surface area contributed by atoms with Gasteiger partial charge in [0, 0.05) is 5.39 Å². The van der Waals surface area contributed by atoms with Gasteiger partial charge in [0.25, 0.3) is 0 Å². The van der Waals surface area contributed by atoms with Crippen LogP contribution in [0.3, 0.4) is 0 Å². The Hall–Kier alpha value is -2.82. The summed E-state index contributed by atoms with van der Waals surface area (Å²) in [6.07, 6.45) is 10.8. The van der Waals surface area contributed by atoms with Crippen molar-refractivity contribution in [1.82, 2.24) is 0 Å². The molecule has 1 nitrogen and oxygen atoms in total. The molecule has 3 aromatic carbocycles. The molecule has 37 heavy (non-hydrogen) atoms. The highest BCUT2D eigenvalue weighted by molar-refractivity contribution is 5.84. The minimum atomic E-state index is -4.71. The van der Waals surface area contributed by atoms with Crippen LogP contribution in [-0.2, 0) is 19.3 Å². The molecule has 0 spiro atoms. The van der Waals surface area contributed by atoms with Gasteiger partial charge in [0.15, 0.2) is 0 Å². The van der Waals surface area contributed by atoms with E-state index in [1.165, 1.54) is 62.6 Å². The van der Waals surface area contributed by atoms with Crippen molar-refractivity contribution in [3.63, 3.8) is 0 Å². The van der Waals surface area contributed by atoms with Gasteiger partial charge in [-0.2, -0.15) is 0 Å². The third-order valence-electron chi connectivity index (χ3n) is 7.72. The van der Waals surface area contributed by atoms with Gasteiger partial charge in [-0.25, -0.2) is 4.39 Å². The summed E-state index contributed by atoms with van der Waals surface area (Å²) in [6, 6.07) is 15.6. The second-order valence-corrected chi connectivity index (χ2v) is 10.4. The standard InChI is InChI=1S/C32H36F4O/c1-2-3-4-5-23-6-8-24(9-7-23)10-11-26-15-21-30-28(22-26)18-17-27(31(30)33)16-12-25-13-19-29(20-14-25)37-32(34,35)36/h2-3,13-15,17-24H,4-12,16H2,1H3/b3-2+. The molecular weight excluding hydrogens is 476 g/mol. The Balaban J connectivity index is 1.29. The van der Waals surface area contributed by atoms with Crippen molar-refractivity contribution in [2.24, 2.45) is 11.8 Å². The van der Waals surface area contributed by atoms with E-state index >= 15 is 4.39 Å². The van der Waals surface area contributed by atoms with Crippen molar-refractivity contribution >= 4 is 10.8 Å². The van der Waals surface area contributed by atoms with Gasteiger partial charge < -0.3 is 4.74 Å². The Morgan fingerprint density at radius 2 is 1.49 bits per heavy atom. The maximum absolute atomic E-state index is 15.2. The molecule has 0 saturated heterocycles. The highest BCUT2D eigenvalue weighted by Gasteiger charge is 2.31. The molecule has 1 aliphatic carbocycles. The molecule has 198 valence electrons. The predicted octanol–water partition coefficient (Wildman–Crippen LogP) is 9.76. The largest absolute Gasteiger partial charge is 0.573 e. The SMILES string of the molecule is C/C=C/CCC1CCC(CCc2ccc3c(F)c(CCc4ccc(OC(F)(F)F)cc4)ccc3c2)CC1. The van der Waals surface area contributed by atoms with Crippen LogP contribution in [0, 0.1) is 17.7 Å². The Morgan fingerprint density at radius 3 is 2.16 bits per heavy atom. The Kier molecular flexibility index (Phi) is 9.28. The van der Waals surface area contributed by atoms with E-state index in [9.17, 15) is 13.2 Å². The number of alkyl halides is 3. The zero-order valence-corrected chi connectivity index (χ0v) is 21.5. The zero-order valence-electron chi connectivity index (χ0n) is 21.5. The summed E-state index contributed by atoms with van der Waals surface area (Å²) >= 11 is 0. The van der Waals surface area contributed by atoms with E-state index in [2.05, 4.69) is 35.9 Å². The quantitative estimate of drug-likeness (QED) is 0.194. The van der Waals surface area contributed by atoms with Crippen LogP contribution in [0.4, 0.5) is 17.6 Å². The molecule has 0 heterocycles. The summed E-state index contributed by atoms with van der Waals surface area (Å²) in [5.41, 5.74) is 2.70. The van der Waals surface area contributed by atoms with E-state index in [4.69, 9.17) is 0 Å². The maximum atomic E-state index is 15.2. The first kappa shape index (κ1) is 27.2.